The Morgan fingerprint density at radius 1 is 1.33 bits per heavy atom. The molecule has 0 aromatic heterocycles. The Morgan fingerprint density at radius 3 is 2.62 bits per heavy atom. The molecule has 1 aromatic carbocycles. The van der Waals surface area contributed by atoms with Crippen LogP contribution in [-0.2, 0) is 4.79 Å². The minimum atomic E-state index is -0.570. The summed E-state index contributed by atoms with van der Waals surface area (Å²) in [5, 5.41) is 3.10. The highest BCUT2D eigenvalue weighted by Crippen LogP contribution is 2.33. The lowest BCUT2D eigenvalue weighted by Gasteiger charge is -2.35. The van der Waals surface area contributed by atoms with Crippen LogP contribution in [0, 0.1) is 0 Å². The molecule has 5 heteroatoms. The minimum absolute atomic E-state index is 0.0261. The Labute approximate surface area is 125 Å². The number of hydrogen-bond acceptors (Lipinski definition) is 4. The smallest absolute Gasteiger partial charge is 0.240 e. The summed E-state index contributed by atoms with van der Waals surface area (Å²) in [6.45, 7) is 1.84. The molecule has 1 aliphatic carbocycles. The van der Waals surface area contributed by atoms with Gasteiger partial charge in [0.25, 0.3) is 0 Å². The van der Waals surface area contributed by atoms with Gasteiger partial charge in [-0.3, -0.25) is 4.79 Å². The van der Waals surface area contributed by atoms with E-state index in [1.165, 1.54) is 0 Å². The van der Waals surface area contributed by atoms with Crippen molar-refractivity contribution in [1.29, 1.82) is 0 Å². The van der Waals surface area contributed by atoms with Gasteiger partial charge in [0.1, 0.15) is 5.75 Å². The third-order valence-corrected chi connectivity index (χ3v) is 4.50. The van der Waals surface area contributed by atoms with Crippen LogP contribution >= 0.6 is 0 Å². The zero-order chi connectivity index (χ0) is 14.9. The van der Waals surface area contributed by atoms with E-state index in [9.17, 15) is 4.79 Å². The van der Waals surface area contributed by atoms with Crippen molar-refractivity contribution in [3.63, 3.8) is 0 Å². The van der Waals surface area contributed by atoms with Gasteiger partial charge in [-0.25, -0.2) is 0 Å². The molecule has 5 nitrogen and oxygen atoms in total. The fraction of sp³-hybridized carbons (Fsp3) is 0.562. The average molecular weight is 289 g/mol. The number of carbonyl (C=O) groups is 1. The molecular formula is C16H23N3O2. The van der Waals surface area contributed by atoms with Crippen LogP contribution in [0.2, 0.25) is 0 Å². The average Bonchev–Trinajstić information content (AvgIpc) is 3.27. The lowest BCUT2D eigenvalue weighted by atomic mass is 10.0. The summed E-state index contributed by atoms with van der Waals surface area (Å²) < 4.78 is 5.41. The Balaban J connectivity index is 1.56. The van der Waals surface area contributed by atoms with Gasteiger partial charge in [-0.15, -0.1) is 0 Å². The molecule has 2 fully saturated rings. The number of para-hydroxylation sites is 2. The number of benzene rings is 1. The van der Waals surface area contributed by atoms with Crippen LogP contribution in [0.15, 0.2) is 24.3 Å². The third kappa shape index (κ3) is 2.97. The molecule has 1 aromatic rings. The van der Waals surface area contributed by atoms with Gasteiger partial charge in [0.15, 0.2) is 0 Å². The molecule has 1 heterocycles. The number of rotatable bonds is 4. The second kappa shape index (κ2) is 5.56. The molecule has 0 spiro atoms. The van der Waals surface area contributed by atoms with Crippen molar-refractivity contribution >= 4 is 11.6 Å². The molecule has 1 amide bonds. The summed E-state index contributed by atoms with van der Waals surface area (Å²) in [7, 11) is 1.70. The Kier molecular flexibility index (Phi) is 3.76. The summed E-state index contributed by atoms with van der Waals surface area (Å²) in [5.74, 6) is 0.928. The molecule has 2 aliphatic rings. The molecule has 114 valence electrons. The van der Waals surface area contributed by atoms with Crippen molar-refractivity contribution in [2.75, 3.05) is 25.1 Å². The van der Waals surface area contributed by atoms with Gasteiger partial charge in [-0.05, 0) is 37.8 Å². The molecule has 0 unspecified atom stereocenters. The SMILES string of the molecule is COc1ccccc1N1CCC(NC(=O)C2(N)CC2)CC1. The molecule has 0 atom stereocenters. The number of amides is 1. The number of nitrogens with two attached hydrogens (primary N) is 1. The van der Waals surface area contributed by atoms with Gasteiger partial charge in [-0.1, -0.05) is 12.1 Å². The van der Waals surface area contributed by atoms with Gasteiger partial charge in [0, 0.05) is 19.1 Å². The number of ether oxygens (including phenoxy) is 1. The Morgan fingerprint density at radius 2 is 2.00 bits per heavy atom. The maximum atomic E-state index is 12.0. The minimum Gasteiger partial charge on any atom is -0.495 e. The molecule has 3 N–H and O–H groups in total. The van der Waals surface area contributed by atoms with Crippen LogP contribution in [0.3, 0.4) is 0 Å². The van der Waals surface area contributed by atoms with E-state index >= 15 is 0 Å². The lowest BCUT2D eigenvalue weighted by molar-refractivity contribution is -0.124. The van der Waals surface area contributed by atoms with E-state index in [0.29, 0.717) is 0 Å². The van der Waals surface area contributed by atoms with Gasteiger partial charge in [0.2, 0.25) is 5.91 Å². The Bertz CT molecular complexity index is 520. The quantitative estimate of drug-likeness (QED) is 0.876. The second-order valence-electron chi connectivity index (χ2n) is 6.06. The van der Waals surface area contributed by atoms with E-state index in [4.69, 9.17) is 10.5 Å². The molecule has 1 saturated heterocycles. The number of carbonyl (C=O) groups excluding carboxylic acids is 1. The Hall–Kier alpha value is -1.75. The second-order valence-corrected chi connectivity index (χ2v) is 6.06. The van der Waals surface area contributed by atoms with Gasteiger partial charge >= 0.3 is 0 Å². The van der Waals surface area contributed by atoms with Gasteiger partial charge in [0.05, 0.1) is 18.3 Å². The van der Waals surface area contributed by atoms with Crippen molar-refractivity contribution in [3.8, 4) is 5.75 Å². The molecule has 0 bridgehead atoms. The van der Waals surface area contributed by atoms with Crippen molar-refractivity contribution in [1.82, 2.24) is 5.32 Å². The largest absolute Gasteiger partial charge is 0.495 e. The predicted octanol–water partition coefficient (Wildman–Crippen LogP) is 1.27. The fourth-order valence-corrected chi connectivity index (χ4v) is 2.85. The number of piperidine rings is 1. The van der Waals surface area contributed by atoms with Gasteiger partial charge in [-0.2, -0.15) is 0 Å². The standard InChI is InChI=1S/C16H23N3O2/c1-21-14-5-3-2-4-13(14)19-10-6-12(7-11-19)18-15(20)16(17)8-9-16/h2-5,12H,6-11,17H2,1H3,(H,18,20). The lowest BCUT2D eigenvalue weighted by Crippen LogP contribution is -2.50. The first-order chi connectivity index (χ1) is 10.1. The first-order valence-corrected chi connectivity index (χ1v) is 7.60. The first kappa shape index (κ1) is 14.2. The maximum absolute atomic E-state index is 12.0. The summed E-state index contributed by atoms with van der Waals surface area (Å²) in [6, 6.07) is 8.30. The maximum Gasteiger partial charge on any atom is 0.240 e. The summed E-state index contributed by atoms with van der Waals surface area (Å²) in [4.78, 5) is 14.3. The molecule has 3 rings (SSSR count). The summed E-state index contributed by atoms with van der Waals surface area (Å²) in [6.07, 6.45) is 3.53. The van der Waals surface area contributed by atoms with Gasteiger partial charge < -0.3 is 20.7 Å². The molecule has 1 saturated carbocycles. The van der Waals surface area contributed by atoms with Crippen LogP contribution < -0.4 is 20.7 Å². The van der Waals surface area contributed by atoms with Crippen LogP contribution in [0.5, 0.6) is 5.75 Å². The van der Waals surface area contributed by atoms with Crippen LogP contribution in [0.4, 0.5) is 5.69 Å². The van der Waals surface area contributed by atoms with E-state index < -0.39 is 5.54 Å². The number of hydrogen-bond donors (Lipinski definition) is 2. The van der Waals surface area contributed by atoms with Crippen molar-refractivity contribution in [3.05, 3.63) is 24.3 Å². The van der Waals surface area contributed by atoms with E-state index in [1.54, 1.807) is 7.11 Å². The van der Waals surface area contributed by atoms with E-state index in [1.807, 2.05) is 18.2 Å². The normalized spacial score (nSPS) is 21.0. The number of nitrogens with zero attached hydrogens (tertiary/aromatic N) is 1. The highest BCUT2D eigenvalue weighted by atomic mass is 16.5. The highest BCUT2D eigenvalue weighted by molar-refractivity contribution is 5.89. The number of methoxy groups -OCH3 is 1. The zero-order valence-corrected chi connectivity index (χ0v) is 12.5. The monoisotopic (exact) mass is 289 g/mol. The molecule has 1 aliphatic heterocycles. The molecular weight excluding hydrogens is 266 g/mol. The molecule has 0 radical (unpaired) electrons. The fourth-order valence-electron chi connectivity index (χ4n) is 2.85. The van der Waals surface area contributed by atoms with Crippen molar-refractivity contribution < 1.29 is 9.53 Å². The predicted molar refractivity (Wildman–Crippen MR) is 82.5 cm³/mol. The topological polar surface area (TPSA) is 67.6 Å². The van der Waals surface area contributed by atoms with Crippen LogP contribution in [0.25, 0.3) is 0 Å². The van der Waals surface area contributed by atoms with Crippen LogP contribution in [-0.4, -0.2) is 37.7 Å². The third-order valence-electron chi connectivity index (χ3n) is 4.50. The number of anilines is 1. The van der Waals surface area contributed by atoms with E-state index in [-0.39, 0.29) is 11.9 Å². The highest BCUT2D eigenvalue weighted by Gasteiger charge is 2.46. The zero-order valence-electron chi connectivity index (χ0n) is 12.5. The summed E-state index contributed by atoms with van der Waals surface area (Å²) >= 11 is 0. The molecule has 21 heavy (non-hydrogen) atoms. The number of nitrogens with one attached hydrogen (secondary N) is 1. The van der Waals surface area contributed by atoms with Crippen molar-refractivity contribution in [2.24, 2.45) is 5.73 Å². The van der Waals surface area contributed by atoms with E-state index in [0.717, 1.165) is 50.2 Å². The van der Waals surface area contributed by atoms with Crippen molar-refractivity contribution in [2.45, 2.75) is 37.3 Å². The van der Waals surface area contributed by atoms with E-state index in [2.05, 4.69) is 16.3 Å². The first-order valence-electron chi connectivity index (χ1n) is 7.60. The summed E-state index contributed by atoms with van der Waals surface area (Å²) in [5.41, 5.74) is 6.48. The van der Waals surface area contributed by atoms with Crippen LogP contribution in [0.1, 0.15) is 25.7 Å².